The lowest BCUT2D eigenvalue weighted by molar-refractivity contribution is 0.0698. The highest BCUT2D eigenvalue weighted by molar-refractivity contribution is 6.03. The van der Waals surface area contributed by atoms with Crippen LogP contribution in [0.25, 0.3) is 10.9 Å². The molecule has 6 nitrogen and oxygen atoms in total. The molecule has 2 bridgehead atoms. The van der Waals surface area contributed by atoms with E-state index in [-0.39, 0.29) is 0 Å². The Morgan fingerprint density at radius 1 is 1.39 bits per heavy atom. The number of piperidine rings is 3. The predicted octanol–water partition coefficient (Wildman–Crippen LogP) is 1.46. The van der Waals surface area contributed by atoms with Crippen molar-refractivity contribution in [1.29, 1.82) is 0 Å². The molecule has 4 heterocycles. The highest BCUT2D eigenvalue weighted by Crippen LogP contribution is 2.28. The van der Waals surface area contributed by atoms with Crippen LogP contribution in [-0.4, -0.2) is 51.4 Å². The van der Waals surface area contributed by atoms with E-state index in [1.807, 2.05) is 13.1 Å². The van der Waals surface area contributed by atoms with Gasteiger partial charge in [-0.3, -0.25) is 4.68 Å². The van der Waals surface area contributed by atoms with Crippen molar-refractivity contribution < 1.29 is 9.90 Å². The summed E-state index contributed by atoms with van der Waals surface area (Å²) < 4.78 is 1.77. The number of benzene rings is 1. The van der Waals surface area contributed by atoms with Crippen molar-refractivity contribution in [3.63, 3.8) is 0 Å². The largest absolute Gasteiger partial charge is 0.478 e. The standard InChI is InChI=1S/C17H22N4O2/c1-20-15-4-2-3-12(17(22)23)16(15)13(19-20)9-18-14-10-21-7-5-11(14)6-8-21/h2-4,11,14,18H,5-10H2,1H3,(H,22,23)/t14-/m0/s1. The number of aromatic nitrogens is 2. The highest BCUT2D eigenvalue weighted by atomic mass is 16.4. The smallest absolute Gasteiger partial charge is 0.336 e. The van der Waals surface area contributed by atoms with Crippen molar-refractivity contribution in [1.82, 2.24) is 20.0 Å². The lowest BCUT2D eigenvalue weighted by Gasteiger charge is -2.45. The Labute approximate surface area is 135 Å². The van der Waals surface area contributed by atoms with E-state index in [9.17, 15) is 9.90 Å². The van der Waals surface area contributed by atoms with Crippen LogP contribution in [-0.2, 0) is 13.6 Å². The summed E-state index contributed by atoms with van der Waals surface area (Å²) in [5.74, 6) is -0.151. The molecule has 5 rings (SSSR count). The summed E-state index contributed by atoms with van der Waals surface area (Å²) in [5.41, 5.74) is 2.04. The van der Waals surface area contributed by atoms with Gasteiger partial charge in [0.25, 0.3) is 0 Å². The lowest BCUT2D eigenvalue weighted by atomic mass is 9.84. The maximum atomic E-state index is 11.5. The van der Waals surface area contributed by atoms with Crippen LogP contribution in [0.2, 0.25) is 0 Å². The van der Waals surface area contributed by atoms with Gasteiger partial charge in [0.2, 0.25) is 0 Å². The van der Waals surface area contributed by atoms with Crippen LogP contribution in [0.3, 0.4) is 0 Å². The van der Waals surface area contributed by atoms with Gasteiger partial charge in [0.05, 0.1) is 16.8 Å². The number of hydrogen-bond acceptors (Lipinski definition) is 4. The SMILES string of the molecule is Cn1nc(CN[C@H]2CN3CCC2CC3)c2c(C(=O)O)cccc21. The average Bonchev–Trinajstić information content (AvgIpc) is 2.90. The maximum absolute atomic E-state index is 11.5. The van der Waals surface area contributed by atoms with Crippen LogP contribution in [0.1, 0.15) is 28.9 Å². The molecule has 23 heavy (non-hydrogen) atoms. The second-order valence-corrected chi connectivity index (χ2v) is 6.70. The van der Waals surface area contributed by atoms with Crippen LogP contribution in [0.4, 0.5) is 0 Å². The minimum atomic E-state index is -0.896. The van der Waals surface area contributed by atoms with Crippen LogP contribution in [0, 0.1) is 5.92 Å². The Hall–Kier alpha value is -1.92. The van der Waals surface area contributed by atoms with Crippen molar-refractivity contribution in [3.05, 3.63) is 29.5 Å². The first-order valence-corrected chi connectivity index (χ1v) is 8.27. The molecule has 0 saturated carbocycles. The zero-order chi connectivity index (χ0) is 16.0. The molecule has 0 unspecified atom stereocenters. The van der Waals surface area contributed by atoms with Gasteiger partial charge in [-0.2, -0.15) is 5.10 Å². The second kappa shape index (κ2) is 5.62. The summed E-state index contributed by atoms with van der Waals surface area (Å²) in [6, 6.07) is 5.85. The van der Waals surface area contributed by atoms with E-state index in [0.29, 0.717) is 18.2 Å². The minimum Gasteiger partial charge on any atom is -0.478 e. The zero-order valence-electron chi connectivity index (χ0n) is 13.3. The van der Waals surface area contributed by atoms with E-state index < -0.39 is 5.97 Å². The van der Waals surface area contributed by atoms with Crippen LogP contribution in [0.5, 0.6) is 0 Å². The minimum absolute atomic E-state index is 0.335. The van der Waals surface area contributed by atoms with Gasteiger partial charge in [-0.1, -0.05) is 6.07 Å². The molecule has 3 saturated heterocycles. The number of carbonyl (C=O) groups is 1. The fourth-order valence-electron chi connectivity index (χ4n) is 4.12. The Bertz CT molecular complexity index is 746. The maximum Gasteiger partial charge on any atom is 0.336 e. The van der Waals surface area contributed by atoms with Gasteiger partial charge in [-0.25, -0.2) is 4.79 Å². The lowest BCUT2D eigenvalue weighted by Crippen LogP contribution is -2.55. The molecular weight excluding hydrogens is 292 g/mol. The molecule has 0 amide bonds. The molecule has 3 aliphatic rings. The Kier molecular flexibility index (Phi) is 3.58. The fourth-order valence-corrected chi connectivity index (χ4v) is 4.12. The van der Waals surface area contributed by atoms with Crippen molar-refractivity contribution >= 4 is 16.9 Å². The van der Waals surface area contributed by atoms with Crippen molar-refractivity contribution in [2.75, 3.05) is 19.6 Å². The summed E-state index contributed by atoms with van der Waals surface area (Å²) >= 11 is 0. The third-order valence-corrected chi connectivity index (χ3v) is 5.37. The number of aromatic carboxylic acids is 1. The first-order chi connectivity index (χ1) is 11.1. The fraction of sp³-hybridized carbons (Fsp3) is 0.529. The van der Waals surface area contributed by atoms with E-state index in [1.54, 1.807) is 16.8 Å². The molecule has 0 spiro atoms. The molecule has 3 fully saturated rings. The van der Waals surface area contributed by atoms with Crippen molar-refractivity contribution in [2.45, 2.75) is 25.4 Å². The second-order valence-electron chi connectivity index (χ2n) is 6.70. The van der Waals surface area contributed by atoms with Gasteiger partial charge < -0.3 is 15.3 Å². The molecule has 2 aromatic rings. The Morgan fingerprint density at radius 2 is 2.17 bits per heavy atom. The normalized spacial score (nSPS) is 26.7. The van der Waals surface area contributed by atoms with E-state index in [1.165, 1.54) is 25.9 Å². The number of aryl methyl sites for hydroxylation is 1. The van der Waals surface area contributed by atoms with Crippen LogP contribution < -0.4 is 5.32 Å². The monoisotopic (exact) mass is 314 g/mol. The first kappa shape index (κ1) is 14.7. The highest BCUT2D eigenvalue weighted by Gasteiger charge is 2.33. The number of nitrogens with zero attached hydrogens (tertiary/aromatic N) is 3. The molecule has 6 heteroatoms. The predicted molar refractivity (Wildman–Crippen MR) is 87.5 cm³/mol. The summed E-state index contributed by atoms with van der Waals surface area (Å²) in [4.78, 5) is 14.0. The quantitative estimate of drug-likeness (QED) is 0.894. The van der Waals surface area contributed by atoms with E-state index in [2.05, 4.69) is 15.3 Å². The summed E-state index contributed by atoms with van der Waals surface area (Å²) in [6.07, 6.45) is 2.53. The van der Waals surface area contributed by atoms with Crippen molar-refractivity contribution in [3.8, 4) is 0 Å². The molecule has 2 N–H and O–H groups in total. The molecule has 1 aromatic carbocycles. The molecule has 1 atom stereocenters. The number of carboxylic acids is 1. The van der Waals surface area contributed by atoms with E-state index in [4.69, 9.17) is 0 Å². The van der Waals surface area contributed by atoms with Crippen LogP contribution >= 0.6 is 0 Å². The Balaban J connectivity index is 1.60. The van der Waals surface area contributed by atoms with Gasteiger partial charge in [-0.15, -0.1) is 0 Å². The van der Waals surface area contributed by atoms with Gasteiger partial charge >= 0.3 is 5.97 Å². The topological polar surface area (TPSA) is 70.4 Å². The van der Waals surface area contributed by atoms with Gasteiger partial charge in [0.15, 0.2) is 0 Å². The molecule has 3 aliphatic heterocycles. The summed E-state index contributed by atoms with van der Waals surface area (Å²) in [5, 5.41) is 18.4. The number of rotatable bonds is 4. The molecular formula is C17H22N4O2. The summed E-state index contributed by atoms with van der Waals surface area (Å²) in [7, 11) is 1.87. The molecule has 0 radical (unpaired) electrons. The number of hydrogen-bond donors (Lipinski definition) is 2. The molecule has 1 aromatic heterocycles. The van der Waals surface area contributed by atoms with Gasteiger partial charge in [-0.05, 0) is 44.0 Å². The first-order valence-electron chi connectivity index (χ1n) is 8.27. The molecule has 0 aliphatic carbocycles. The number of nitrogens with one attached hydrogen (secondary N) is 1. The third kappa shape index (κ3) is 2.52. The average molecular weight is 314 g/mol. The number of carboxylic acid groups (broad SMARTS) is 1. The van der Waals surface area contributed by atoms with E-state index in [0.717, 1.165) is 29.1 Å². The Morgan fingerprint density at radius 3 is 2.83 bits per heavy atom. The van der Waals surface area contributed by atoms with E-state index >= 15 is 0 Å². The summed E-state index contributed by atoms with van der Waals surface area (Å²) in [6.45, 7) is 4.16. The zero-order valence-corrected chi connectivity index (χ0v) is 13.3. The van der Waals surface area contributed by atoms with Crippen molar-refractivity contribution in [2.24, 2.45) is 13.0 Å². The molecule has 122 valence electrons. The third-order valence-electron chi connectivity index (χ3n) is 5.37. The van der Waals surface area contributed by atoms with Gasteiger partial charge in [0, 0.05) is 31.6 Å². The number of fused-ring (bicyclic) bond motifs is 4. The van der Waals surface area contributed by atoms with Gasteiger partial charge in [0.1, 0.15) is 0 Å². The van der Waals surface area contributed by atoms with Crippen LogP contribution in [0.15, 0.2) is 18.2 Å².